The number of hydrogen-bond acceptors (Lipinski definition) is 2. The largest absolute Gasteiger partial charge is 0.458 e. The molecule has 2 nitrogen and oxygen atoms in total. The van der Waals surface area contributed by atoms with Gasteiger partial charge in [-0.2, -0.15) is 0 Å². The maximum Gasteiger partial charge on any atom is 0.143 e. The normalized spacial score (nSPS) is 19.9. The Balaban J connectivity index is 1.09. The Morgan fingerprint density at radius 2 is 1.31 bits per heavy atom. The van der Waals surface area contributed by atoms with Gasteiger partial charge < -0.3 is 4.42 Å². The first kappa shape index (κ1) is 28.6. The van der Waals surface area contributed by atoms with E-state index in [1.165, 1.54) is 50.1 Å². The van der Waals surface area contributed by atoms with E-state index in [1.807, 2.05) is 6.08 Å². The second-order valence-electron chi connectivity index (χ2n) is 14.2. The fourth-order valence-electron chi connectivity index (χ4n) is 9.61. The molecule has 3 unspecified atom stereocenters. The molecule has 2 heteroatoms. The Morgan fingerprint density at radius 3 is 2.08 bits per heavy atom. The van der Waals surface area contributed by atoms with Gasteiger partial charge in [0.25, 0.3) is 0 Å². The Labute approximate surface area is 297 Å². The summed E-state index contributed by atoms with van der Waals surface area (Å²) in [5.74, 6) is 2.75. The fraction of sp³-hybridized carbons (Fsp3) is 0.102. The summed E-state index contributed by atoms with van der Waals surface area (Å²) in [6.07, 6.45) is 11.3. The lowest BCUT2D eigenvalue weighted by molar-refractivity contribution is 0.340. The molecule has 0 saturated carbocycles. The van der Waals surface area contributed by atoms with Gasteiger partial charge in [-0.1, -0.05) is 140 Å². The average Bonchev–Trinajstić information content (AvgIpc) is 3.95. The SMILES string of the molecule is C1=Cc2oc3c(c2C=1)-c1ccccc1C31c2c(-c3ccc(-c4cc(-c5ccccc5)nc(-c5ccccc5)c4)cc3)cccc2C2CCC=CC21. The van der Waals surface area contributed by atoms with Crippen LogP contribution < -0.4 is 0 Å². The van der Waals surface area contributed by atoms with Crippen LogP contribution in [0.25, 0.3) is 68.0 Å². The third-order valence-electron chi connectivity index (χ3n) is 11.7. The minimum absolute atomic E-state index is 0.285. The van der Waals surface area contributed by atoms with Crippen LogP contribution in [0.15, 0.2) is 162 Å². The molecule has 0 fully saturated rings. The summed E-state index contributed by atoms with van der Waals surface area (Å²) in [4.78, 5) is 5.11. The van der Waals surface area contributed by atoms with E-state index in [9.17, 15) is 0 Å². The van der Waals surface area contributed by atoms with Crippen LogP contribution >= 0.6 is 0 Å². The van der Waals surface area contributed by atoms with Crippen molar-refractivity contribution in [3.8, 4) is 55.9 Å². The summed E-state index contributed by atoms with van der Waals surface area (Å²) >= 11 is 0. The summed E-state index contributed by atoms with van der Waals surface area (Å²) in [6, 6.07) is 50.6. The molecule has 240 valence electrons. The van der Waals surface area contributed by atoms with Gasteiger partial charge in [-0.05, 0) is 81.5 Å². The molecule has 0 N–H and O–H groups in total. The number of aromatic nitrogens is 1. The van der Waals surface area contributed by atoms with E-state index < -0.39 is 5.41 Å². The molecule has 0 bridgehead atoms. The lowest BCUT2D eigenvalue weighted by Crippen LogP contribution is -2.33. The molecule has 0 aliphatic heterocycles. The molecule has 5 aromatic carbocycles. The van der Waals surface area contributed by atoms with E-state index in [-0.39, 0.29) is 5.92 Å². The number of nitrogens with zero attached hydrogens (tertiary/aromatic N) is 1. The number of pyridine rings is 1. The first-order valence-corrected chi connectivity index (χ1v) is 18.0. The van der Waals surface area contributed by atoms with E-state index in [1.54, 1.807) is 0 Å². The third-order valence-corrected chi connectivity index (χ3v) is 11.7. The second-order valence-corrected chi connectivity index (χ2v) is 14.2. The Bertz CT molecular complexity index is 2560. The van der Waals surface area contributed by atoms with Gasteiger partial charge in [0.15, 0.2) is 0 Å². The zero-order valence-corrected chi connectivity index (χ0v) is 28.0. The molecule has 11 rings (SSSR count). The highest BCUT2D eigenvalue weighted by molar-refractivity contribution is 5.94. The van der Waals surface area contributed by atoms with Gasteiger partial charge in [-0.15, -0.1) is 5.73 Å². The number of benzene rings is 5. The van der Waals surface area contributed by atoms with Crippen LogP contribution in [0.3, 0.4) is 0 Å². The second kappa shape index (κ2) is 10.9. The van der Waals surface area contributed by atoms with Crippen LogP contribution in [-0.2, 0) is 5.41 Å². The topological polar surface area (TPSA) is 26.0 Å². The standard InChI is InChI=1S/C49H33NO/c1-3-13-33(14-4-1)43-29-35(30-44(50-43)34-15-5-2-6-16-34)31-25-27-32(28-26-31)36-19-11-20-38-37-17-7-9-22-41(37)49(47(36)38)42-23-10-8-18-39(42)46-40-21-12-24-45(40)51-48(46)49/h1-6,8-11,13-16,18-30,37,41H,7,17H2. The van der Waals surface area contributed by atoms with Crippen molar-refractivity contribution in [1.29, 1.82) is 0 Å². The average molecular weight is 652 g/mol. The molecule has 1 spiro atoms. The maximum absolute atomic E-state index is 6.97. The van der Waals surface area contributed by atoms with Crippen LogP contribution in [0.1, 0.15) is 52.5 Å². The lowest BCUT2D eigenvalue weighted by atomic mass is 9.65. The molecule has 7 aromatic rings. The Morgan fingerprint density at radius 1 is 0.627 bits per heavy atom. The fourth-order valence-corrected chi connectivity index (χ4v) is 9.61. The molecule has 0 saturated heterocycles. The maximum atomic E-state index is 6.97. The van der Waals surface area contributed by atoms with Gasteiger partial charge >= 0.3 is 0 Å². The van der Waals surface area contributed by atoms with Gasteiger partial charge in [0.2, 0.25) is 0 Å². The molecule has 51 heavy (non-hydrogen) atoms. The first-order valence-electron chi connectivity index (χ1n) is 18.0. The van der Waals surface area contributed by atoms with Gasteiger partial charge in [0.05, 0.1) is 16.8 Å². The first-order chi connectivity index (χ1) is 25.3. The summed E-state index contributed by atoms with van der Waals surface area (Å²) in [5.41, 5.74) is 19.9. The number of fused-ring (bicyclic) bond motifs is 12. The predicted octanol–water partition coefficient (Wildman–Crippen LogP) is 12.4. The molecule has 4 aliphatic rings. The highest BCUT2D eigenvalue weighted by atomic mass is 16.3. The Kier molecular flexibility index (Phi) is 6.11. The van der Waals surface area contributed by atoms with Crippen molar-refractivity contribution in [3.05, 3.63) is 191 Å². The highest BCUT2D eigenvalue weighted by Crippen LogP contribution is 2.68. The van der Waals surface area contributed by atoms with Crippen LogP contribution in [0, 0.1) is 5.92 Å². The number of hydrogen-bond donors (Lipinski definition) is 0. The van der Waals surface area contributed by atoms with E-state index in [4.69, 9.17) is 9.40 Å². The molecule has 0 radical (unpaired) electrons. The van der Waals surface area contributed by atoms with Crippen molar-refractivity contribution in [2.24, 2.45) is 5.92 Å². The van der Waals surface area contributed by atoms with Gasteiger partial charge in [0.1, 0.15) is 11.5 Å². The minimum atomic E-state index is -0.398. The molecule has 4 aliphatic carbocycles. The molecular formula is C49H33NO. The monoisotopic (exact) mass is 651 g/mol. The van der Waals surface area contributed by atoms with Gasteiger partial charge in [-0.3, -0.25) is 0 Å². The van der Waals surface area contributed by atoms with Crippen molar-refractivity contribution in [3.63, 3.8) is 0 Å². The summed E-state index contributed by atoms with van der Waals surface area (Å²) in [6.45, 7) is 0. The highest BCUT2D eigenvalue weighted by Gasteiger charge is 2.61. The lowest BCUT2D eigenvalue weighted by Gasteiger charge is -2.36. The van der Waals surface area contributed by atoms with Crippen molar-refractivity contribution < 1.29 is 4.42 Å². The van der Waals surface area contributed by atoms with Crippen LogP contribution in [0.2, 0.25) is 0 Å². The summed E-state index contributed by atoms with van der Waals surface area (Å²) in [7, 11) is 0. The summed E-state index contributed by atoms with van der Waals surface area (Å²) < 4.78 is 6.97. The van der Waals surface area contributed by atoms with Crippen molar-refractivity contribution >= 4 is 12.2 Å². The number of allylic oxidation sites excluding steroid dienone is 2. The van der Waals surface area contributed by atoms with Crippen molar-refractivity contribution in [1.82, 2.24) is 4.98 Å². The van der Waals surface area contributed by atoms with E-state index in [0.29, 0.717) is 5.92 Å². The van der Waals surface area contributed by atoms with Gasteiger partial charge in [0, 0.05) is 34.2 Å². The smallest absolute Gasteiger partial charge is 0.143 e. The quantitative estimate of drug-likeness (QED) is 0.140. The van der Waals surface area contributed by atoms with E-state index in [0.717, 1.165) is 52.4 Å². The summed E-state index contributed by atoms with van der Waals surface area (Å²) in [5, 5.41) is 0. The van der Waals surface area contributed by atoms with Crippen LogP contribution in [-0.4, -0.2) is 4.98 Å². The van der Waals surface area contributed by atoms with Gasteiger partial charge in [-0.25, -0.2) is 4.98 Å². The van der Waals surface area contributed by atoms with E-state index in [2.05, 4.69) is 163 Å². The zero-order chi connectivity index (χ0) is 33.5. The van der Waals surface area contributed by atoms with Crippen LogP contribution in [0.5, 0.6) is 0 Å². The molecule has 3 atom stereocenters. The molecular weight excluding hydrogens is 619 g/mol. The van der Waals surface area contributed by atoms with E-state index >= 15 is 0 Å². The van der Waals surface area contributed by atoms with Crippen molar-refractivity contribution in [2.75, 3.05) is 0 Å². The molecule has 2 aromatic heterocycles. The zero-order valence-electron chi connectivity index (χ0n) is 28.0. The minimum Gasteiger partial charge on any atom is -0.458 e. The number of furan rings is 1. The predicted molar refractivity (Wildman–Crippen MR) is 207 cm³/mol. The molecule has 2 heterocycles. The molecule has 0 amide bonds. The number of rotatable bonds is 4. The van der Waals surface area contributed by atoms with Crippen LogP contribution in [0.4, 0.5) is 0 Å². The third kappa shape index (κ3) is 4.03. The Hall–Kier alpha value is -6.21. The van der Waals surface area contributed by atoms with Crippen molar-refractivity contribution in [2.45, 2.75) is 24.2 Å².